The van der Waals surface area contributed by atoms with Crippen molar-refractivity contribution < 1.29 is 18.7 Å². The van der Waals surface area contributed by atoms with Gasteiger partial charge in [-0.3, -0.25) is 0 Å². The van der Waals surface area contributed by atoms with Crippen LogP contribution in [0.4, 0.5) is 4.79 Å². The number of rotatable bonds is 8. The van der Waals surface area contributed by atoms with E-state index in [0.29, 0.717) is 28.7 Å². The highest BCUT2D eigenvalue weighted by Gasteiger charge is 2.35. The van der Waals surface area contributed by atoms with Crippen LogP contribution in [0.15, 0.2) is 39.2 Å². The molecule has 1 unspecified atom stereocenters. The molecule has 3 heterocycles. The first-order valence-electron chi connectivity index (χ1n) is 9.99. The number of nitrogens with one attached hydrogen (secondary N) is 2. The molecule has 0 saturated heterocycles. The van der Waals surface area contributed by atoms with Crippen molar-refractivity contribution in [2.75, 3.05) is 12.4 Å². The molecule has 162 valence electrons. The van der Waals surface area contributed by atoms with Crippen LogP contribution in [0.1, 0.15) is 44.0 Å². The Hall–Kier alpha value is -2.68. The Labute approximate surface area is 180 Å². The first kappa shape index (κ1) is 22.0. The monoisotopic (exact) mass is 432 g/mol. The van der Waals surface area contributed by atoms with E-state index in [1.807, 2.05) is 6.92 Å². The van der Waals surface area contributed by atoms with Gasteiger partial charge >= 0.3 is 12.0 Å². The van der Waals surface area contributed by atoms with Crippen molar-refractivity contribution in [3.63, 3.8) is 0 Å². The lowest BCUT2D eigenvalue weighted by molar-refractivity contribution is -0.139. The van der Waals surface area contributed by atoms with E-state index in [1.54, 1.807) is 19.1 Å². The molecule has 8 nitrogen and oxygen atoms in total. The predicted octanol–water partition coefficient (Wildman–Crippen LogP) is 3.71. The van der Waals surface area contributed by atoms with Gasteiger partial charge < -0.3 is 24.4 Å². The Balaban J connectivity index is 1.94. The zero-order valence-electron chi connectivity index (χ0n) is 17.9. The fourth-order valence-electron chi connectivity index (χ4n) is 3.30. The van der Waals surface area contributed by atoms with Gasteiger partial charge in [0.1, 0.15) is 11.8 Å². The second-order valence-corrected chi connectivity index (χ2v) is 8.46. The van der Waals surface area contributed by atoms with Crippen molar-refractivity contribution in [3.8, 4) is 0 Å². The molecule has 0 fully saturated rings. The third-order valence-electron chi connectivity index (χ3n) is 4.79. The van der Waals surface area contributed by atoms with E-state index >= 15 is 0 Å². The van der Waals surface area contributed by atoms with Crippen LogP contribution in [0.25, 0.3) is 0 Å². The molecule has 2 N–H and O–H groups in total. The molecule has 2 aromatic heterocycles. The molecule has 0 saturated carbocycles. The Bertz CT molecular complexity index is 947. The van der Waals surface area contributed by atoms with Crippen LogP contribution < -0.4 is 10.6 Å². The Morgan fingerprint density at radius 3 is 2.80 bits per heavy atom. The zero-order valence-corrected chi connectivity index (χ0v) is 18.8. The number of imidazole rings is 1. The van der Waals surface area contributed by atoms with Crippen molar-refractivity contribution in [2.24, 2.45) is 5.92 Å². The summed E-state index contributed by atoms with van der Waals surface area (Å²) in [6.07, 6.45) is 1.51. The number of aromatic nitrogens is 2. The van der Waals surface area contributed by atoms with Crippen LogP contribution >= 0.6 is 11.8 Å². The molecule has 30 heavy (non-hydrogen) atoms. The van der Waals surface area contributed by atoms with E-state index in [0.717, 1.165) is 23.1 Å². The molecular weight excluding hydrogens is 404 g/mol. The number of urea groups is 1. The zero-order chi connectivity index (χ0) is 21.8. The number of hydrogen-bond donors (Lipinski definition) is 2. The lowest BCUT2D eigenvalue weighted by atomic mass is 10.0. The van der Waals surface area contributed by atoms with Crippen LogP contribution in [0, 0.1) is 19.8 Å². The average molecular weight is 433 g/mol. The van der Waals surface area contributed by atoms with Gasteiger partial charge in [-0.1, -0.05) is 25.6 Å². The molecule has 1 atom stereocenters. The third-order valence-corrected chi connectivity index (χ3v) is 5.80. The standard InChI is InChI=1S/C21H28N4O4S/c1-6-28-19(26)17-15(23-20(27)24-18(17)16-8-7-9-29-16)11-30-21-22-13(4)14(5)25(21)10-12(2)3/h7-9,12,18H,6,10-11H2,1-5H3,(H2,23,24,27). The van der Waals surface area contributed by atoms with Crippen LogP contribution in [0.5, 0.6) is 0 Å². The number of furan rings is 1. The van der Waals surface area contributed by atoms with Gasteiger partial charge in [0.15, 0.2) is 5.16 Å². The van der Waals surface area contributed by atoms with Crippen LogP contribution in [-0.2, 0) is 16.1 Å². The summed E-state index contributed by atoms with van der Waals surface area (Å²) in [6, 6.07) is 2.34. The molecular formula is C21H28N4O4S. The quantitative estimate of drug-likeness (QED) is 0.487. The fraction of sp³-hybridized carbons (Fsp3) is 0.476. The molecule has 2 aromatic rings. The molecule has 3 rings (SSSR count). The first-order valence-corrected chi connectivity index (χ1v) is 11.0. The minimum atomic E-state index is -0.706. The number of ether oxygens (including phenoxy) is 1. The number of nitrogens with zero attached hydrogens (tertiary/aromatic N) is 2. The molecule has 9 heteroatoms. The highest BCUT2D eigenvalue weighted by Crippen LogP contribution is 2.31. The maximum atomic E-state index is 12.8. The maximum absolute atomic E-state index is 12.8. The number of esters is 1. The second kappa shape index (κ2) is 9.42. The summed E-state index contributed by atoms with van der Waals surface area (Å²) in [5.74, 6) is 0.823. The van der Waals surface area contributed by atoms with Crippen molar-refractivity contribution in [1.82, 2.24) is 20.2 Å². The first-order chi connectivity index (χ1) is 14.3. The number of hydrogen-bond acceptors (Lipinski definition) is 6. The van der Waals surface area contributed by atoms with Gasteiger partial charge in [-0.05, 0) is 38.8 Å². The van der Waals surface area contributed by atoms with Crippen LogP contribution in [0.2, 0.25) is 0 Å². The molecule has 1 aliphatic heterocycles. The van der Waals surface area contributed by atoms with Crippen LogP contribution in [-0.4, -0.2) is 33.9 Å². The minimum Gasteiger partial charge on any atom is -0.467 e. The van der Waals surface area contributed by atoms with E-state index < -0.39 is 18.0 Å². The fourth-order valence-corrected chi connectivity index (χ4v) is 4.37. The highest BCUT2D eigenvalue weighted by molar-refractivity contribution is 7.99. The molecule has 0 aromatic carbocycles. The van der Waals surface area contributed by atoms with Gasteiger partial charge in [-0.25, -0.2) is 14.6 Å². The van der Waals surface area contributed by atoms with Crippen molar-refractivity contribution in [3.05, 3.63) is 46.8 Å². The molecule has 0 bridgehead atoms. The van der Waals surface area contributed by atoms with Crippen LogP contribution in [0.3, 0.4) is 0 Å². The van der Waals surface area contributed by atoms with E-state index in [-0.39, 0.29) is 6.61 Å². The summed E-state index contributed by atoms with van der Waals surface area (Å²) < 4.78 is 12.9. The van der Waals surface area contributed by atoms with Gasteiger partial charge in [-0.15, -0.1) is 0 Å². The average Bonchev–Trinajstić information content (AvgIpc) is 3.30. The number of aryl methyl sites for hydroxylation is 1. The molecule has 2 amide bonds. The third kappa shape index (κ3) is 4.72. The largest absolute Gasteiger partial charge is 0.467 e. The Morgan fingerprint density at radius 2 is 2.17 bits per heavy atom. The number of carbonyl (C=O) groups is 2. The Morgan fingerprint density at radius 1 is 1.40 bits per heavy atom. The predicted molar refractivity (Wildman–Crippen MR) is 114 cm³/mol. The minimum absolute atomic E-state index is 0.235. The number of carbonyl (C=O) groups excluding carboxylic acids is 2. The summed E-state index contributed by atoms with van der Waals surface area (Å²) >= 11 is 1.48. The summed E-state index contributed by atoms with van der Waals surface area (Å²) in [5.41, 5.74) is 2.93. The molecule has 0 aliphatic carbocycles. The number of amides is 2. The lowest BCUT2D eigenvalue weighted by Gasteiger charge is -2.27. The van der Waals surface area contributed by atoms with Gasteiger partial charge in [0.05, 0.1) is 24.1 Å². The van der Waals surface area contributed by atoms with Gasteiger partial charge in [-0.2, -0.15) is 0 Å². The van der Waals surface area contributed by atoms with Crippen molar-refractivity contribution in [1.29, 1.82) is 0 Å². The van der Waals surface area contributed by atoms with E-state index in [2.05, 4.69) is 41.0 Å². The van der Waals surface area contributed by atoms with E-state index in [4.69, 9.17) is 9.15 Å². The van der Waals surface area contributed by atoms with Crippen molar-refractivity contribution in [2.45, 2.75) is 52.4 Å². The number of thioether (sulfide) groups is 1. The SMILES string of the molecule is CCOC(=O)C1=C(CSc2nc(C)c(C)n2CC(C)C)NC(=O)NC1c1ccco1. The van der Waals surface area contributed by atoms with E-state index in [9.17, 15) is 9.59 Å². The molecule has 0 spiro atoms. The summed E-state index contributed by atoms with van der Waals surface area (Å²) in [4.78, 5) is 29.7. The normalized spacial score (nSPS) is 16.6. The molecule has 0 radical (unpaired) electrons. The topological polar surface area (TPSA) is 98.4 Å². The summed E-state index contributed by atoms with van der Waals surface area (Å²) in [5, 5.41) is 6.39. The van der Waals surface area contributed by atoms with Gasteiger partial charge in [0.25, 0.3) is 0 Å². The summed E-state index contributed by atoms with van der Waals surface area (Å²) in [7, 11) is 0. The smallest absolute Gasteiger partial charge is 0.338 e. The lowest BCUT2D eigenvalue weighted by Crippen LogP contribution is -2.46. The van der Waals surface area contributed by atoms with Gasteiger partial charge in [0, 0.05) is 23.7 Å². The maximum Gasteiger partial charge on any atom is 0.338 e. The van der Waals surface area contributed by atoms with Crippen molar-refractivity contribution >= 4 is 23.8 Å². The second-order valence-electron chi connectivity index (χ2n) is 7.52. The van der Waals surface area contributed by atoms with E-state index in [1.165, 1.54) is 18.0 Å². The highest BCUT2D eigenvalue weighted by atomic mass is 32.2. The Kier molecular flexibility index (Phi) is 6.91. The molecule has 1 aliphatic rings. The van der Waals surface area contributed by atoms with Gasteiger partial charge in [0.2, 0.25) is 0 Å². The summed E-state index contributed by atoms with van der Waals surface area (Å²) in [6.45, 7) is 11.2.